The maximum atomic E-state index is 6.25. The zero-order valence-corrected chi connectivity index (χ0v) is 5.51. The third kappa shape index (κ3) is 11.9. The molecule has 0 aromatic heterocycles. The summed E-state index contributed by atoms with van der Waals surface area (Å²) in [6.45, 7) is 4.75. The van der Waals surface area contributed by atoms with Crippen molar-refractivity contribution in [2.24, 2.45) is 0 Å². The van der Waals surface area contributed by atoms with Crippen molar-refractivity contribution in [3.8, 4) is 0 Å². The molecule has 1 nitrogen and oxygen atoms in total. The maximum absolute atomic E-state index is 6.25. The first-order chi connectivity index (χ1) is 1.00. The van der Waals surface area contributed by atoms with Gasteiger partial charge < -0.3 is 13.3 Å². The summed E-state index contributed by atoms with van der Waals surface area (Å²) in [6, 6.07) is 0. The van der Waals surface area contributed by atoms with Crippen molar-refractivity contribution in [3.05, 3.63) is 6.57 Å². The molecule has 0 atom stereocenters. The Kier molecular flexibility index (Phi) is 178. The normalized spacial score (nSPS) is 0.500. The molecule has 0 rings (SSSR count). The molecular formula is CHMnNNa-. The summed E-state index contributed by atoms with van der Waals surface area (Å²) < 4.78 is 0. The number of hydrogen-bond acceptors (Lipinski definition) is 1. The summed E-state index contributed by atoms with van der Waals surface area (Å²) in [5.74, 6) is 0. The van der Waals surface area contributed by atoms with Gasteiger partial charge in [-0.25, -0.2) is 0 Å². The predicted octanol–water partition coefficient (Wildman–Crippen LogP) is -2.79. The Morgan fingerprint density at radius 3 is 1.50 bits per heavy atom. The van der Waals surface area contributed by atoms with Gasteiger partial charge in [-0.05, 0) is 0 Å². The molecule has 0 spiro atoms. The van der Waals surface area contributed by atoms with Gasteiger partial charge in [0.25, 0.3) is 0 Å². The standard InChI is InChI=1S/CN.Mn.Na.H/c1-2;;;/q-1;;+1;-1. The van der Waals surface area contributed by atoms with Crippen molar-refractivity contribution in [1.82, 2.24) is 0 Å². The van der Waals surface area contributed by atoms with Crippen LogP contribution in [0.3, 0.4) is 0 Å². The molecule has 0 aliphatic rings. The fourth-order valence-electron chi connectivity index (χ4n) is 0. The molecule has 0 N–H and O–H groups in total. The van der Waals surface area contributed by atoms with Crippen LogP contribution in [0.1, 0.15) is 1.43 Å². The van der Waals surface area contributed by atoms with Crippen molar-refractivity contribution >= 4 is 0 Å². The Hall–Kier alpha value is 1.01. The summed E-state index contributed by atoms with van der Waals surface area (Å²) in [7, 11) is 0. The zero-order chi connectivity index (χ0) is 2.00. The molecule has 0 saturated carbocycles. The van der Waals surface area contributed by atoms with Gasteiger partial charge in [0, 0.05) is 17.1 Å². The van der Waals surface area contributed by atoms with Crippen molar-refractivity contribution in [1.29, 1.82) is 5.26 Å². The molecule has 3 heteroatoms. The first-order valence-electron chi connectivity index (χ1n) is 0.224. The largest absolute Gasteiger partial charge is 1.00 e. The minimum atomic E-state index is 0. The Bertz CT molecular complexity index is 16.4. The monoisotopic (exact) mass is 105 g/mol. The minimum Gasteiger partial charge on any atom is -1.00 e. The van der Waals surface area contributed by atoms with E-state index in [-0.39, 0.29) is 48.1 Å². The van der Waals surface area contributed by atoms with E-state index in [0.717, 1.165) is 0 Å². The van der Waals surface area contributed by atoms with Gasteiger partial charge in [-0.2, -0.15) is 0 Å². The van der Waals surface area contributed by atoms with Gasteiger partial charge in [-0.3, -0.25) is 0 Å². The molecule has 0 heterocycles. The summed E-state index contributed by atoms with van der Waals surface area (Å²) in [5, 5.41) is 6.25. The fourth-order valence-corrected chi connectivity index (χ4v) is 0. The molecule has 1 radical (unpaired) electrons. The SMILES string of the molecule is [C-]#N.[H-].[Mn].[Na+]. The van der Waals surface area contributed by atoms with E-state index in [0.29, 0.717) is 0 Å². The third-order valence-corrected chi connectivity index (χ3v) is 0. The summed E-state index contributed by atoms with van der Waals surface area (Å²) in [5.41, 5.74) is 0. The molecule has 0 amide bonds. The summed E-state index contributed by atoms with van der Waals surface area (Å²) in [4.78, 5) is 0. The van der Waals surface area contributed by atoms with E-state index in [4.69, 9.17) is 11.8 Å². The van der Waals surface area contributed by atoms with E-state index in [9.17, 15) is 0 Å². The molecule has 0 aromatic carbocycles. The van der Waals surface area contributed by atoms with E-state index >= 15 is 0 Å². The van der Waals surface area contributed by atoms with Crippen LogP contribution >= 0.6 is 0 Å². The van der Waals surface area contributed by atoms with Crippen molar-refractivity contribution in [2.75, 3.05) is 0 Å². The Morgan fingerprint density at radius 2 is 1.50 bits per heavy atom. The third-order valence-electron chi connectivity index (χ3n) is 0. The zero-order valence-electron chi connectivity index (χ0n) is 3.33. The fraction of sp³-hybridized carbons (Fsp3) is 0. The molecule has 0 unspecified atom stereocenters. The molecular weight excluding hydrogens is 104 g/mol. The van der Waals surface area contributed by atoms with Crippen molar-refractivity contribution < 1.29 is 48.1 Å². The maximum Gasteiger partial charge on any atom is 1.00 e. The van der Waals surface area contributed by atoms with Gasteiger partial charge in [-0.1, -0.05) is 0 Å². The average molecular weight is 105 g/mol. The second kappa shape index (κ2) is 35.6. The van der Waals surface area contributed by atoms with E-state index in [1.807, 2.05) is 0 Å². The van der Waals surface area contributed by atoms with Crippen molar-refractivity contribution in [3.63, 3.8) is 0 Å². The van der Waals surface area contributed by atoms with Crippen LogP contribution in [0.25, 0.3) is 0 Å². The van der Waals surface area contributed by atoms with E-state index in [1.165, 1.54) is 0 Å². The number of rotatable bonds is 0. The molecule has 4 heavy (non-hydrogen) atoms. The average Bonchev–Trinajstić information content (AvgIpc) is 1.00. The van der Waals surface area contributed by atoms with Crippen molar-refractivity contribution in [2.45, 2.75) is 0 Å². The Labute approximate surface area is 59.6 Å². The van der Waals surface area contributed by atoms with Crippen LogP contribution in [0.5, 0.6) is 0 Å². The smallest absolute Gasteiger partial charge is 1.00 e. The molecule has 0 aliphatic heterocycles. The molecule has 0 aliphatic carbocycles. The number of hydrogen-bond donors (Lipinski definition) is 0. The van der Waals surface area contributed by atoms with E-state index < -0.39 is 0 Å². The van der Waals surface area contributed by atoms with Crippen LogP contribution in [-0.2, 0) is 17.1 Å². The Balaban J connectivity index is -0.00000000167. The van der Waals surface area contributed by atoms with Crippen LogP contribution in [-0.4, -0.2) is 0 Å². The van der Waals surface area contributed by atoms with Gasteiger partial charge in [0.15, 0.2) is 0 Å². The quantitative estimate of drug-likeness (QED) is 0.241. The van der Waals surface area contributed by atoms with Crippen LogP contribution in [0.15, 0.2) is 0 Å². The molecule has 0 saturated heterocycles. The summed E-state index contributed by atoms with van der Waals surface area (Å²) >= 11 is 0. The van der Waals surface area contributed by atoms with Crippen LogP contribution < -0.4 is 29.6 Å². The van der Waals surface area contributed by atoms with Gasteiger partial charge in [0.05, 0.1) is 0 Å². The van der Waals surface area contributed by atoms with Gasteiger partial charge >= 0.3 is 29.6 Å². The summed E-state index contributed by atoms with van der Waals surface area (Å²) in [6.07, 6.45) is 0. The topological polar surface area (TPSA) is 23.8 Å². The van der Waals surface area contributed by atoms with E-state index in [2.05, 4.69) is 0 Å². The van der Waals surface area contributed by atoms with Gasteiger partial charge in [0.2, 0.25) is 0 Å². The molecule has 0 aromatic rings. The molecule has 19 valence electrons. The van der Waals surface area contributed by atoms with Crippen LogP contribution in [0.4, 0.5) is 0 Å². The molecule has 0 bridgehead atoms. The molecule has 0 fully saturated rings. The second-order valence-electron chi connectivity index (χ2n) is 0. The minimum absolute atomic E-state index is 0. The van der Waals surface area contributed by atoms with Gasteiger partial charge in [-0.15, -0.1) is 0 Å². The second-order valence-corrected chi connectivity index (χ2v) is 0. The first kappa shape index (κ1) is 19.9. The predicted molar refractivity (Wildman–Crippen MR) is 6.08 cm³/mol. The number of nitrogens with zero attached hydrogens (tertiary/aromatic N) is 1. The first-order valence-corrected chi connectivity index (χ1v) is 0.224. The Morgan fingerprint density at radius 1 is 1.50 bits per heavy atom. The van der Waals surface area contributed by atoms with Crippen LogP contribution in [0, 0.1) is 11.8 Å². The van der Waals surface area contributed by atoms with Gasteiger partial charge in [0.1, 0.15) is 0 Å². The van der Waals surface area contributed by atoms with E-state index in [1.54, 1.807) is 0 Å². The van der Waals surface area contributed by atoms with Crippen LogP contribution in [0.2, 0.25) is 0 Å².